The number of pyridine rings is 1. The minimum atomic E-state index is -6.00. The van der Waals surface area contributed by atoms with Crippen molar-refractivity contribution in [2.45, 2.75) is 0 Å². The van der Waals surface area contributed by atoms with Crippen LogP contribution in [-0.4, -0.2) is 22.2 Å². The Bertz CT molecular complexity index is 2160. The predicted molar refractivity (Wildman–Crippen MR) is 243 cm³/mol. The van der Waals surface area contributed by atoms with Crippen molar-refractivity contribution in [2.75, 3.05) is 0 Å². The van der Waals surface area contributed by atoms with Crippen molar-refractivity contribution in [1.82, 2.24) is 15.0 Å². The largest absolute Gasteiger partial charge is 1.00 e. The number of aromatic nitrogens is 3. The van der Waals surface area contributed by atoms with E-state index in [2.05, 4.69) is 197 Å². The maximum atomic E-state index is 9.75. The third-order valence-corrected chi connectivity index (χ3v) is 14.1. The number of hydrogen-bond acceptors (Lipinski definition) is 2. The Kier molecular flexibility index (Phi) is 17.4. The van der Waals surface area contributed by atoms with Gasteiger partial charge < -0.3 is 22.2 Å². The fraction of sp³-hybridized carbons (Fsp3) is 0. The van der Waals surface area contributed by atoms with E-state index in [1.54, 1.807) is 6.20 Å². The molecule has 3 nitrogen and oxygen atoms in total. The molecule has 0 amide bonds. The number of fused-ring (bicyclic) bond motifs is 1. The summed E-state index contributed by atoms with van der Waals surface area (Å²) >= 11 is 0. The third-order valence-electron chi connectivity index (χ3n) is 8.67. The van der Waals surface area contributed by atoms with Gasteiger partial charge in [-0.05, 0) is 97.1 Å². The number of halogens is 4. The van der Waals surface area contributed by atoms with Crippen molar-refractivity contribution in [1.29, 1.82) is 0 Å². The summed E-state index contributed by atoms with van der Waals surface area (Å²) in [6.45, 7) is 0. The zero-order chi connectivity index (χ0) is 40.4. The number of imidazole rings is 1. The number of hydrogen-bond donors (Lipinski definition) is 1. The molecule has 7 aromatic carbocycles. The van der Waals surface area contributed by atoms with Gasteiger partial charge in [0.25, 0.3) is 0 Å². The molecule has 0 saturated heterocycles. The fourth-order valence-corrected chi connectivity index (χ4v) is 11.4. The second-order valence-electron chi connectivity index (χ2n) is 12.8. The predicted octanol–water partition coefficient (Wildman–Crippen LogP) is 10.3. The summed E-state index contributed by atoms with van der Waals surface area (Å²) in [7, 11) is -7.75. The molecule has 9 rings (SSSR count). The first-order chi connectivity index (χ1) is 28.3. The minimum Gasteiger partial charge on any atom is -0.418 e. The number of nitrogens with zero attached hydrogens (tertiary/aromatic N) is 2. The van der Waals surface area contributed by atoms with Gasteiger partial charge in [0.15, 0.2) is 5.82 Å². The number of benzene rings is 7. The average Bonchev–Trinajstić information content (AvgIpc) is 3.71. The van der Waals surface area contributed by atoms with Crippen LogP contribution in [0.25, 0.3) is 22.6 Å². The first kappa shape index (κ1) is 44.4. The van der Waals surface area contributed by atoms with Gasteiger partial charge in [-0.1, -0.05) is 127 Å². The topological polar surface area (TPSA) is 41.6 Å². The van der Waals surface area contributed by atoms with Crippen LogP contribution in [0.3, 0.4) is 0 Å². The molecule has 0 bridgehead atoms. The second kappa shape index (κ2) is 23.1. The van der Waals surface area contributed by atoms with Crippen molar-refractivity contribution in [3.63, 3.8) is 0 Å². The van der Waals surface area contributed by atoms with Gasteiger partial charge in [-0.2, -0.15) is 0 Å². The van der Waals surface area contributed by atoms with Gasteiger partial charge in [0.05, 0.1) is 26.9 Å². The van der Waals surface area contributed by atoms with Crippen molar-refractivity contribution < 1.29 is 34.3 Å². The van der Waals surface area contributed by atoms with Crippen LogP contribution in [0, 0.1) is 0 Å². The summed E-state index contributed by atoms with van der Waals surface area (Å²) < 4.78 is 39.0. The standard InChI is InChI=1S/2C18H15P.C12H9N3.BF4.Cu/c2*1-4-10-16(11-5-1)19(17-12-6-2-7-13-17)18-14-8-3-9-15-18;1-2-6-10-9(5-1)14-12(15-10)11-7-3-4-8-13-11;2-1(3,4)5;/h2*1-15H;1-8H,(H,14,15);;/q;;;-1;+1/p+2. The van der Waals surface area contributed by atoms with Gasteiger partial charge in [0.1, 0.15) is 37.5 Å². The zero-order valence-electron chi connectivity index (χ0n) is 31.7. The third kappa shape index (κ3) is 14.0. The number of aromatic amines is 1. The molecule has 0 unspecified atom stereocenters. The number of nitrogens with one attached hydrogen (secondary N) is 1. The van der Waals surface area contributed by atoms with Gasteiger partial charge in [0, 0.05) is 6.20 Å². The summed E-state index contributed by atoms with van der Waals surface area (Å²) in [6, 6.07) is 78.7. The van der Waals surface area contributed by atoms with E-state index in [0.717, 1.165) is 22.6 Å². The van der Waals surface area contributed by atoms with Crippen LogP contribution in [-0.2, 0) is 17.1 Å². The molecular formula is C48H41BCuF4N3P2+2. The Morgan fingerprint density at radius 1 is 0.373 bits per heavy atom. The molecule has 2 aromatic heterocycles. The molecule has 1 N–H and O–H groups in total. The van der Waals surface area contributed by atoms with Gasteiger partial charge >= 0.3 is 24.3 Å². The molecule has 2 heterocycles. The van der Waals surface area contributed by atoms with E-state index in [4.69, 9.17) is 0 Å². The maximum absolute atomic E-state index is 9.75. The Labute approximate surface area is 355 Å². The summed E-state index contributed by atoms with van der Waals surface area (Å²) in [5.74, 6) is 0.816. The molecule has 11 heteroatoms. The Morgan fingerprint density at radius 3 is 0.949 bits per heavy atom. The van der Waals surface area contributed by atoms with Gasteiger partial charge in [0.2, 0.25) is 0 Å². The van der Waals surface area contributed by atoms with Crippen molar-refractivity contribution in [2.24, 2.45) is 0 Å². The molecule has 0 aliphatic rings. The molecule has 0 fully saturated rings. The summed E-state index contributed by atoms with van der Waals surface area (Å²) in [5.41, 5.74) is 2.88. The Morgan fingerprint density at radius 2 is 0.661 bits per heavy atom. The Balaban J connectivity index is 0.000000159. The van der Waals surface area contributed by atoms with Crippen molar-refractivity contribution >= 4 is 66.0 Å². The molecule has 59 heavy (non-hydrogen) atoms. The Hall–Kier alpha value is -5.68. The fourth-order valence-electron chi connectivity index (χ4n) is 6.21. The monoisotopic (exact) mass is 871 g/mol. The van der Waals surface area contributed by atoms with Crippen molar-refractivity contribution in [3.8, 4) is 11.5 Å². The molecule has 298 valence electrons. The summed E-state index contributed by atoms with van der Waals surface area (Å²) in [4.78, 5) is 12.0. The molecule has 0 aliphatic carbocycles. The summed E-state index contributed by atoms with van der Waals surface area (Å²) in [6.07, 6.45) is 1.77. The van der Waals surface area contributed by atoms with E-state index in [-0.39, 0.29) is 17.1 Å². The normalized spacial score (nSPS) is 10.5. The zero-order valence-corrected chi connectivity index (χ0v) is 34.7. The van der Waals surface area contributed by atoms with Gasteiger partial charge in [-0.15, -0.1) is 0 Å². The van der Waals surface area contributed by atoms with E-state index >= 15 is 0 Å². The SMILES string of the molecule is F[B-](F)(F)F.[Cu+].c1ccc(-c2nc3ccccc3[nH]2)nc1.c1ccc([PH+](c2ccccc2)c2ccccc2)cc1.c1ccc([PH+](c2ccccc2)c2ccccc2)cc1. The van der Waals surface area contributed by atoms with Crippen LogP contribution in [0.5, 0.6) is 0 Å². The van der Waals surface area contributed by atoms with Gasteiger partial charge in [-0.3, -0.25) is 4.98 Å². The molecule has 0 spiro atoms. The molecule has 9 aromatic rings. The van der Waals surface area contributed by atoms with Crippen LogP contribution in [0.2, 0.25) is 0 Å². The number of H-pyrrole nitrogens is 1. The quantitative estimate of drug-likeness (QED) is 0.0985. The molecule has 0 atom stereocenters. The van der Waals surface area contributed by atoms with Crippen LogP contribution >= 0.6 is 15.8 Å². The smallest absolute Gasteiger partial charge is 0.418 e. The first-order valence-corrected chi connectivity index (χ1v) is 21.6. The molecular weight excluding hydrogens is 831 g/mol. The maximum Gasteiger partial charge on any atom is 1.00 e. The van der Waals surface area contributed by atoms with E-state index < -0.39 is 23.1 Å². The minimum absolute atomic E-state index is 0. The van der Waals surface area contributed by atoms with Crippen LogP contribution in [0.4, 0.5) is 17.3 Å². The van der Waals surface area contributed by atoms with E-state index in [0.29, 0.717) is 0 Å². The molecule has 0 radical (unpaired) electrons. The number of para-hydroxylation sites is 2. The van der Waals surface area contributed by atoms with E-state index in [1.807, 2.05) is 42.5 Å². The van der Waals surface area contributed by atoms with Crippen molar-refractivity contribution in [3.05, 3.63) is 231 Å². The first-order valence-electron chi connectivity index (χ1n) is 18.6. The molecule has 0 aliphatic heterocycles. The van der Waals surface area contributed by atoms with E-state index in [1.165, 1.54) is 31.8 Å². The van der Waals surface area contributed by atoms with E-state index in [9.17, 15) is 17.3 Å². The number of rotatable bonds is 7. The van der Waals surface area contributed by atoms with Crippen LogP contribution < -0.4 is 31.8 Å². The average molecular weight is 872 g/mol. The van der Waals surface area contributed by atoms with Crippen LogP contribution in [0.1, 0.15) is 0 Å². The molecule has 0 saturated carbocycles. The summed E-state index contributed by atoms with van der Waals surface area (Å²) in [5, 5.41) is 8.61. The second-order valence-corrected chi connectivity index (χ2v) is 17.7. The van der Waals surface area contributed by atoms with Gasteiger partial charge in [-0.25, -0.2) is 4.98 Å². The van der Waals surface area contributed by atoms with Crippen LogP contribution in [0.15, 0.2) is 231 Å².